The first-order valence-corrected chi connectivity index (χ1v) is 5.42. The summed E-state index contributed by atoms with van der Waals surface area (Å²) < 4.78 is 0. The molecule has 1 aromatic rings. The highest BCUT2D eigenvalue weighted by Gasteiger charge is 2.09. The Labute approximate surface area is 105 Å². The second-order valence-electron chi connectivity index (χ2n) is 3.82. The van der Waals surface area contributed by atoms with Crippen molar-refractivity contribution in [3.63, 3.8) is 0 Å². The summed E-state index contributed by atoms with van der Waals surface area (Å²) >= 11 is 0. The van der Waals surface area contributed by atoms with Gasteiger partial charge in [-0.25, -0.2) is 0 Å². The molecule has 0 saturated carbocycles. The number of aromatic nitrogens is 1. The first-order chi connectivity index (χ1) is 8.54. The lowest BCUT2D eigenvalue weighted by molar-refractivity contribution is -0.123. The Hall–Kier alpha value is -2.15. The quantitative estimate of drug-likeness (QED) is 0.633. The first kappa shape index (κ1) is 13.9. The monoisotopic (exact) mass is 251 g/mol. The van der Waals surface area contributed by atoms with Gasteiger partial charge in [0, 0.05) is 20.3 Å². The largest absolute Gasteiger partial charge is 0.376 e. The lowest BCUT2D eigenvalue weighted by Gasteiger charge is -2.17. The topological polar surface area (TPSA) is 100 Å². The molecule has 0 aliphatic carbocycles. The van der Waals surface area contributed by atoms with E-state index in [-0.39, 0.29) is 24.9 Å². The van der Waals surface area contributed by atoms with Crippen LogP contribution >= 0.6 is 0 Å². The molecule has 4 N–H and O–H groups in total. The molecule has 0 saturated heterocycles. The standard InChI is InChI=1S/C11H17N5O2/c1-16(2)9-3-4-13-6-8(9)15-11(18)7-14-10(17)5-12/h3-4,6H,5,7,12H2,1-2H3,(H,14,17)(H,15,18). The third kappa shape index (κ3) is 4.02. The number of pyridine rings is 1. The fourth-order valence-corrected chi connectivity index (χ4v) is 1.32. The zero-order valence-corrected chi connectivity index (χ0v) is 10.4. The van der Waals surface area contributed by atoms with E-state index in [0.717, 1.165) is 5.69 Å². The van der Waals surface area contributed by atoms with Gasteiger partial charge in [0.05, 0.1) is 30.7 Å². The second kappa shape index (κ2) is 6.55. The van der Waals surface area contributed by atoms with Crippen LogP contribution in [0.5, 0.6) is 0 Å². The summed E-state index contributed by atoms with van der Waals surface area (Å²) in [4.78, 5) is 28.3. The number of nitrogens with two attached hydrogens (primary N) is 1. The van der Waals surface area contributed by atoms with Crippen molar-refractivity contribution in [2.75, 3.05) is 37.4 Å². The van der Waals surface area contributed by atoms with E-state index in [0.29, 0.717) is 5.69 Å². The van der Waals surface area contributed by atoms with Crippen molar-refractivity contribution in [1.29, 1.82) is 0 Å². The molecule has 98 valence electrons. The van der Waals surface area contributed by atoms with Crippen LogP contribution in [0.15, 0.2) is 18.5 Å². The van der Waals surface area contributed by atoms with Crippen molar-refractivity contribution < 1.29 is 9.59 Å². The number of hydrogen-bond donors (Lipinski definition) is 3. The Morgan fingerprint density at radius 1 is 1.39 bits per heavy atom. The number of anilines is 2. The van der Waals surface area contributed by atoms with Crippen LogP contribution in [0, 0.1) is 0 Å². The van der Waals surface area contributed by atoms with Crippen molar-refractivity contribution in [1.82, 2.24) is 10.3 Å². The highest BCUT2D eigenvalue weighted by Crippen LogP contribution is 2.21. The van der Waals surface area contributed by atoms with Crippen molar-refractivity contribution in [3.8, 4) is 0 Å². The van der Waals surface area contributed by atoms with E-state index >= 15 is 0 Å². The molecule has 0 unspecified atom stereocenters. The summed E-state index contributed by atoms with van der Waals surface area (Å²) in [5, 5.41) is 5.06. The van der Waals surface area contributed by atoms with Gasteiger partial charge >= 0.3 is 0 Å². The molecular formula is C11H17N5O2. The van der Waals surface area contributed by atoms with Crippen molar-refractivity contribution in [3.05, 3.63) is 18.5 Å². The molecule has 1 heterocycles. The van der Waals surface area contributed by atoms with Gasteiger partial charge in [-0.05, 0) is 6.07 Å². The average molecular weight is 251 g/mol. The third-order valence-corrected chi connectivity index (χ3v) is 2.19. The zero-order valence-electron chi connectivity index (χ0n) is 10.4. The maximum absolute atomic E-state index is 11.6. The van der Waals surface area contributed by atoms with Gasteiger partial charge in [-0.15, -0.1) is 0 Å². The molecule has 0 fully saturated rings. The number of nitrogens with zero attached hydrogens (tertiary/aromatic N) is 2. The summed E-state index contributed by atoms with van der Waals surface area (Å²) in [6, 6.07) is 1.79. The summed E-state index contributed by atoms with van der Waals surface area (Å²) in [5.41, 5.74) is 6.54. The highest BCUT2D eigenvalue weighted by atomic mass is 16.2. The van der Waals surface area contributed by atoms with E-state index in [1.165, 1.54) is 0 Å². The van der Waals surface area contributed by atoms with E-state index in [1.807, 2.05) is 19.0 Å². The van der Waals surface area contributed by atoms with E-state index in [1.54, 1.807) is 18.5 Å². The van der Waals surface area contributed by atoms with Gasteiger partial charge in [-0.1, -0.05) is 0 Å². The molecule has 7 heteroatoms. The maximum atomic E-state index is 11.6. The van der Waals surface area contributed by atoms with Gasteiger partial charge < -0.3 is 21.3 Å². The Morgan fingerprint density at radius 2 is 2.11 bits per heavy atom. The molecular weight excluding hydrogens is 234 g/mol. The predicted molar refractivity (Wildman–Crippen MR) is 69.3 cm³/mol. The summed E-state index contributed by atoms with van der Waals surface area (Å²) in [5.74, 6) is -0.697. The van der Waals surface area contributed by atoms with E-state index in [4.69, 9.17) is 5.73 Å². The summed E-state index contributed by atoms with van der Waals surface area (Å²) in [6.07, 6.45) is 3.19. The molecule has 1 rings (SSSR count). The Kier molecular flexibility index (Phi) is 5.06. The number of nitrogens with one attached hydrogen (secondary N) is 2. The SMILES string of the molecule is CN(C)c1ccncc1NC(=O)CNC(=O)CN. The van der Waals surface area contributed by atoms with E-state index < -0.39 is 0 Å². The van der Waals surface area contributed by atoms with Gasteiger partial charge in [0.25, 0.3) is 0 Å². The van der Waals surface area contributed by atoms with E-state index in [9.17, 15) is 9.59 Å². The molecule has 7 nitrogen and oxygen atoms in total. The number of carbonyl (C=O) groups is 2. The molecule has 2 amide bonds. The Balaban J connectivity index is 2.62. The van der Waals surface area contributed by atoms with Crippen LogP contribution in [0.25, 0.3) is 0 Å². The van der Waals surface area contributed by atoms with Gasteiger partial charge in [0.1, 0.15) is 0 Å². The maximum Gasteiger partial charge on any atom is 0.243 e. The van der Waals surface area contributed by atoms with Crippen LogP contribution < -0.4 is 21.3 Å². The van der Waals surface area contributed by atoms with Gasteiger partial charge in [-0.3, -0.25) is 14.6 Å². The Morgan fingerprint density at radius 3 is 2.72 bits per heavy atom. The van der Waals surface area contributed by atoms with Crippen LogP contribution in [-0.4, -0.2) is 44.0 Å². The van der Waals surface area contributed by atoms with Crippen LogP contribution in [-0.2, 0) is 9.59 Å². The van der Waals surface area contributed by atoms with Crippen LogP contribution in [0.2, 0.25) is 0 Å². The normalized spacial score (nSPS) is 9.72. The van der Waals surface area contributed by atoms with Gasteiger partial charge in [0.15, 0.2) is 0 Å². The minimum Gasteiger partial charge on any atom is -0.376 e. The van der Waals surface area contributed by atoms with Crippen molar-refractivity contribution in [2.24, 2.45) is 5.73 Å². The minimum atomic E-state index is -0.371. The molecule has 0 radical (unpaired) electrons. The number of rotatable bonds is 5. The first-order valence-electron chi connectivity index (χ1n) is 5.42. The molecule has 0 spiro atoms. The fraction of sp³-hybridized carbons (Fsp3) is 0.364. The molecule has 0 aliphatic rings. The Bertz CT molecular complexity index is 433. The number of amides is 2. The molecule has 1 aromatic heterocycles. The molecule has 18 heavy (non-hydrogen) atoms. The zero-order chi connectivity index (χ0) is 13.5. The second-order valence-corrected chi connectivity index (χ2v) is 3.82. The van der Waals surface area contributed by atoms with Gasteiger partial charge in [0.2, 0.25) is 11.8 Å². The molecule has 0 bridgehead atoms. The van der Waals surface area contributed by atoms with Crippen LogP contribution in [0.1, 0.15) is 0 Å². The lowest BCUT2D eigenvalue weighted by atomic mass is 10.3. The number of hydrogen-bond acceptors (Lipinski definition) is 5. The third-order valence-electron chi connectivity index (χ3n) is 2.19. The average Bonchev–Trinajstić information content (AvgIpc) is 2.36. The summed E-state index contributed by atoms with van der Waals surface area (Å²) in [6.45, 7) is -0.249. The molecule has 0 aromatic carbocycles. The summed E-state index contributed by atoms with van der Waals surface area (Å²) in [7, 11) is 3.72. The van der Waals surface area contributed by atoms with Crippen LogP contribution in [0.3, 0.4) is 0 Å². The lowest BCUT2D eigenvalue weighted by Crippen LogP contribution is -2.36. The van der Waals surface area contributed by atoms with Crippen molar-refractivity contribution >= 4 is 23.2 Å². The minimum absolute atomic E-state index is 0.113. The number of carbonyl (C=O) groups excluding carboxylic acids is 2. The van der Waals surface area contributed by atoms with Crippen molar-refractivity contribution in [2.45, 2.75) is 0 Å². The van der Waals surface area contributed by atoms with Crippen LogP contribution in [0.4, 0.5) is 11.4 Å². The van der Waals surface area contributed by atoms with Gasteiger partial charge in [-0.2, -0.15) is 0 Å². The highest BCUT2D eigenvalue weighted by molar-refractivity contribution is 5.97. The molecule has 0 atom stereocenters. The molecule has 0 aliphatic heterocycles. The van der Waals surface area contributed by atoms with E-state index in [2.05, 4.69) is 15.6 Å². The smallest absolute Gasteiger partial charge is 0.243 e. The fourth-order valence-electron chi connectivity index (χ4n) is 1.32. The predicted octanol–water partition coefficient (Wildman–Crippen LogP) is -0.839.